The number of aliphatic hydroxyl groups excluding tert-OH is 1. The van der Waals surface area contributed by atoms with Crippen LogP contribution in [0.2, 0.25) is 0 Å². The monoisotopic (exact) mass is 239 g/mol. The highest BCUT2D eigenvalue weighted by molar-refractivity contribution is 5.37. The summed E-state index contributed by atoms with van der Waals surface area (Å²) in [6.45, 7) is 0.372. The van der Waals surface area contributed by atoms with Gasteiger partial charge in [0, 0.05) is 17.8 Å². The number of aromatic nitrogens is 1. The van der Waals surface area contributed by atoms with Crippen LogP contribution in [0, 0.1) is 11.8 Å². The van der Waals surface area contributed by atoms with E-state index in [1.165, 1.54) is 6.07 Å². The summed E-state index contributed by atoms with van der Waals surface area (Å²) < 4.78 is 1.64. The molecule has 0 aliphatic rings. The third-order valence-electron chi connectivity index (χ3n) is 2.49. The van der Waals surface area contributed by atoms with Crippen LogP contribution in [0.4, 0.5) is 0 Å². The summed E-state index contributed by atoms with van der Waals surface area (Å²) in [7, 11) is 0. The van der Waals surface area contributed by atoms with Gasteiger partial charge in [0.15, 0.2) is 0 Å². The molecule has 0 aliphatic heterocycles. The Morgan fingerprint density at radius 2 is 2.06 bits per heavy atom. The predicted molar refractivity (Wildman–Crippen MR) is 70.2 cm³/mol. The average Bonchev–Trinajstić information content (AvgIpc) is 2.40. The van der Waals surface area contributed by atoms with Crippen molar-refractivity contribution in [2.45, 2.75) is 6.54 Å². The first kappa shape index (κ1) is 12.2. The van der Waals surface area contributed by atoms with Crippen LogP contribution in [0.3, 0.4) is 0 Å². The largest absolute Gasteiger partial charge is 0.384 e. The maximum absolute atomic E-state index is 11.6. The Kier molecular flexibility index (Phi) is 3.95. The highest BCUT2D eigenvalue weighted by atomic mass is 16.2. The normalized spacial score (nSPS) is 9.61. The molecule has 1 aromatic carbocycles. The summed E-state index contributed by atoms with van der Waals surface area (Å²) >= 11 is 0. The molecular formula is C15H13NO2. The van der Waals surface area contributed by atoms with E-state index in [-0.39, 0.29) is 12.2 Å². The molecule has 2 aromatic rings. The SMILES string of the molecule is O=c1ccccn1Cc1cccc(C#CCO)c1. The molecule has 0 bridgehead atoms. The second kappa shape index (κ2) is 5.85. The van der Waals surface area contributed by atoms with Gasteiger partial charge in [-0.25, -0.2) is 0 Å². The van der Waals surface area contributed by atoms with Crippen molar-refractivity contribution in [3.05, 3.63) is 70.1 Å². The van der Waals surface area contributed by atoms with Crippen molar-refractivity contribution in [3.8, 4) is 11.8 Å². The van der Waals surface area contributed by atoms with Gasteiger partial charge in [0.1, 0.15) is 6.61 Å². The van der Waals surface area contributed by atoms with E-state index in [1.807, 2.05) is 30.3 Å². The van der Waals surface area contributed by atoms with Crippen LogP contribution in [-0.2, 0) is 6.54 Å². The summed E-state index contributed by atoms with van der Waals surface area (Å²) in [6, 6.07) is 12.7. The molecule has 18 heavy (non-hydrogen) atoms. The van der Waals surface area contributed by atoms with Crippen molar-refractivity contribution >= 4 is 0 Å². The number of pyridine rings is 1. The van der Waals surface area contributed by atoms with Gasteiger partial charge in [0.2, 0.25) is 0 Å². The van der Waals surface area contributed by atoms with Crippen molar-refractivity contribution in [2.75, 3.05) is 6.61 Å². The topological polar surface area (TPSA) is 42.2 Å². The summed E-state index contributed by atoms with van der Waals surface area (Å²) in [5.74, 6) is 5.45. The molecule has 1 heterocycles. The van der Waals surface area contributed by atoms with Crippen LogP contribution in [0.25, 0.3) is 0 Å². The van der Waals surface area contributed by atoms with E-state index in [2.05, 4.69) is 11.8 Å². The summed E-state index contributed by atoms with van der Waals surface area (Å²) in [4.78, 5) is 11.6. The fourth-order valence-corrected chi connectivity index (χ4v) is 1.68. The Balaban J connectivity index is 2.25. The number of benzene rings is 1. The van der Waals surface area contributed by atoms with Crippen molar-refractivity contribution in [3.63, 3.8) is 0 Å². The van der Waals surface area contributed by atoms with Crippen LogP contribution in [0.5, 0.6) is 0 Å². The summed E-state index contributed by atoms with van der Waals surface area (Å²) in [6.07, 6.45) is 1.76. The van der Waals surface area contributed by atoms with E-state index in [0.717, 1.165) is 11.1 Å². The summed E-state index contributed by atoms with van der Waals surface area (Å²) in [5.41, 5.74) is 1.82. The second-order valence-corrected chi connectivity index (χ2v) is 3.83. The molecule has 0 saturated heterocycles. The van der Waals surface area contributed by atoms with Gasteiger partial charge >= 0.3 is 0 Å². The minimum Gasteiger partial charge on any atom is -0.384 e. The van der Waals surface area contributed by atoms with Crippen molar-refractivity contribution < 1.29 is 5.11 Å². The van der Waals surface area contributed by atoms with E-state index in [9.17, 15) is 4.79 Å². The van der Waals surface area contributed by atoms with Crippen molar-refractivity contribution in [1.29, 1.82) is 0 Å². The molecule has 0 spiro atoms. The lowest BCUT2D eigenvalue weighted by atomic mass is 10.1. The molecule has 0 radical (unpaired) electrons. The Bertz CT molecular complexity index is 647. The number of rotatable bonds is 2. The molecule has 0 aliphatic carbocycles. The van der Waals surface area contributed by atoms with E-state index in [0.29, 0.717) is 6.54 Å². The van der Waals surface area contributed by atoms with Gasteiger partial charge in [-0.2, -0.15) is 0 Å². The van der Waals surface area contributed by atoms with E-state index in [1.54, 1.807) is 16.8 Å². The first-order valence-corrected chi connectivity index (χ1v) is 5.64. The van der Waals surface area contributed by atoms with Gasteiger partial charge in [-0.3, -0.25) is 4.79 Å². The number of hydrogen-bond acceptors (Lipinski definition) is 2. The molecule has 0 amide bonds. The fraction of sp³-hybridized carbons (Fsp3) is 0.133. The minimum absolute atomic E-state index is 0.0238. The molecule has 2 rings (SSSR count). The van der Waals surface area contributed by atoms with E-state index >= 15 is 0 Å². The number of hydrogen-bond donors (Lipinski definition) is 1. The lowest BCUT2D eigenvalue weighted by Crippen LogP contribution is -2.18. The maximum Gasteiger partial charge on any atom is 0.250 e. The molecular weight excluding hydrogens is 226 g/mol. The zero-order valence-corrected chi connectivity index (χ0v) is 9.84. The minimum atomic E-state index is -0.150. The van der Waals surface area contributed by atoms with Gasteiger partial charge in [0.25, 0.3) is 5.56 Å². The third kappa shape index (κ3) is 3.09. The lowest BCUT2D eigenvalue weighted by molar-refractivity contribution is 0.350. The van der Waals surface area contributed by atoms with Crippen LogP contribution < -0.4 is 5.56 Å². The third-order valence-corrected chi connectivity index (χ3v) is 2.49. The molecule has 0 atom stereocenters. The molecule has 3 nitrogen and oxygen atoms in total. The first-order chi connectivity index (χ1) is 8.79. The Morgan fingerprint density at radius 1 is 1.17 bits per heavy atom. The van der Waals surface area contributed by atoms with Crippen molar-refractivity contribution in [1.82, 2.24) is 4.57 Å². The van der Waals surface area contributed by atoms with Gasteiger partial charge in [0.05, 0.1) is 6.54 Å². The molecule has 90 valence electrons. The molecule has 3 heteroatoms. The van der Waals surface area contributed by atoms with Crippen molar-refractivity contribution in [2.24, 2.45) is 0 Å². The van der Waals surface area contributed by atoms with Gasteiger partial charge in [-0.05, 0) is 23.8 Å². The highest BCUT2D eigenvalue weighted by Gasteiger charge is 1.97. The molecule has 0 fully saturated rings. The molecule has 1 N–H and O–H groups in total. The average molecular weight is 239 g/mol. The van der Waals surface area contributed by atoms with E-state index in [4.69, 9.17) is 5.11 Å². The molecule has 1 aromatic heterocycles. The maximum atomic E-state index is 11.6. The zero-order valence-electron chi connectivity index (χ0n) is 9.84. The Labute approximate surface area is 105 Å². The van der Waals surface area contributed by atoms with Crippen LogP contribution in [0.15, 0.2) is 53.5 Å². The smallest absolute Gasteiger partial charge is 0.250 e. The lowest BCUT2D eigenvalue weighted by Gasteiger charge is -2.05. The highest BCUT2D eigenvalue weighted by Crippen LogP contribution is 2.05. The summed E-state index contributed by atoms with van der Waals surface area (Å²) in [5, 5.41) is 8.65. The number of nitrogens with zero attached hydrogens (tertiary/aromatic N) is 1. The van der Waals surface area contributed by atoms with Crippen LogP contribution in [0.1, 0.15) is 11.1 Å². The first-order valence-electron chi connectivity index (χ1n) is 5.64. The Morgan fingerprint density at radius 3 is 2.83 bits per heavy atom. The molecule has 0 saturated carbocycles. The van der Waals surface area contributed by atoms with Gasteiger partial charge in [-0.1, -0.05) is 30.0 Å². The van der Waals surface area contributed by atoms with E-state index < -0.39 is 0 Å². The fourth-order valence-electron chi connectivity index (χ4n) is 1.68. The Hall–Kier alpha value is -2.31. The van der Waals surface area contributed by atoms with Crippen LogP contribution in [-0.4, -0.2) is 16.3 Å². The standard InChI is InChI=1S/C15H13NO2/c17-10-4-7-13-5-3-6-14(11-13)12-16-9-2-1-8-15(16)18/h1-3,5-6,8-9,11,17H,10,12H2. The zero-order chi connectivity index (χ0) is 12.8. The number of aliphatic hydroxyl groups is 1. The van der Waals surface area contributed by atoms with Gasteiger partial charge in [-0.15, -0.1) is 0 Å². The van der Waals surface area contributed by atoms with Gasteiger partial charge < -0.3 is 9.67 Å². The quantitative estimate of drug-likeness (QED) is 0.801. The predicted octanol–water partition coefficient (Wildman–Crippen LogP) is 1.24. The second-order valence-electron chi connectivity index (χ2n) is 3.83. The molecule has 0 unspecified atom stereocenters. The van der Waals surface area contributed by atoms with Crippen LogP contribution >= 0.6 is 0 Å².